The fraction of sp³-hybridized carbons (Fsp3) is 0.409. The Morgan fingerprint density at radius 2 is 1.29 bits per heavy atom. The van der Waals surface area contributed by atoms with Crippen molar-refractivity contribution >= 4 is 29.8 Å². The number of anilines is 2. The van der Waals surface area contributed by atoms with Crippen molar-refractivity contribution in [3.8, 4) is 0 Å². The summed E-state index contributed by atoms with van der Waals surface area (Å²) in [4.78, 5) is 21.5. The minimum Gasteiger partial charge on any atom is -0.369 e. The summed E-state index contributed by atoms with van der Waals surface area (Å²) in [5, 5.41) is 0. The third-order valence-electron chi connectivity index (χ3n) is 5.56. The highest BCUT2D eigenvalue weighted by Gasteiger charge is 2.29. The molecule has 2 fully saturated rings. The van der Waals surface area contributed by atoms with Gasteiger partial charge in [0.25, 0.3) is 0 Å². The Balaban J connectivity index is 0.00000225. The Morgan fingerprint density at radius 3 is 1.93 bits per heavy atom. The summed E-state index contributed by atoms with van der Waals surface area (Å²) in [6.45, 7) is 7.88. The maximum Gasteiger partial charge on any atom is 0.324 e. The van der Waals surface area contributed by atoms with Crippen molar-refractivity contribution in [3.05, 3.63) is 60.7 Å². The van der Waals surface area contributed by atoms with Crippen LogP contribution < -0.4 is 9.80 Å². The molecule has 2 aromatic rings. The lowest BCUT2D eigenvalue weighted by atomic mass is 10.2. The Hall–Kier alpha value is -2.24. The van der Waals surface area contributed by atoms with E-state index < -0.39 is 0 Å². The molecule has 2 aliphatic heterocycles. The number of halogens is 1. The van der Waals surface area contributed by atoms with Crippen molar-refractivity contribution in [1.82, 2.24) is 9.80 Å². The molecular formula is C22H29ClN4O. The van der Waals surface area contributed by atoms with Crippen molar-refractivity contribution in [2.75, 3.05) is 62.2 Å². The zero-order chi connectivity index (χ0) is 18.5. The molecule has 0 aliphatic carbocycles. The molecule has 0 spiro atoms. The summed E-state index contributed by atoms with van der Waals surface area (Å²) in [6.07, 6.45) is 1.04. The van der Waals surface area contributed by atoms with E-state index in [9.17, 15) is 4.79 Å². The van der Waals surface area contributed by atoms with Gasteiger partial charge in [0.05, 0.1) is 0 Å². The molecule has 28 heavy (non-hydrogen) atoms. The Bertz CT molecular complexity index is 735. The van der Waals surface area contributed by atoms with Gasteiger partial charge in [0, 0.05) is 57.2 Å². The van der Waals surface area contributed by atoms with Crippen molar-refractivity contribution in [1.29, 1.82) is 0 Å². The molecule has 0 N–H and O–H groups in total. The summed E-state index contributed by atoms with van der Waals surface area (Å²) < 4.78 is 0. The lowest BCUT2D eigenvalue weighted by Crippen LogP contribution is -2.47. The number of benzene rings is 2. The molecule has 2 aliphatic rings. The van der Waals surface area contributed by atoms with E-state index in [1.807, 2.05) is 40.1 Å². The highest BCUT2D eigenvalue weighted by atomic mass is 35.5. The van der Waals surface area contributed by atoms with E-state index in [1.54, 1.807) is 0 Å². The van der Waals surface area contributed by atoms with Crippen LogP contribution in [0, 0.1) is 0 Å². The van der Waals surface area contributed by atoms with Gasteiger partial charge in [0.2, 0.25) is 0 Å². The number of rotatable bonds is 6. The normalized spacial score (nSPS) is 17.7. The SMILES string of the molecule is Cl.O=C1N(CCCN2CCN(c3ccccc3)CC2)CCN1c1ccccc1. The van der Waals surface area contributed by atoms with Gasteiger partial charge in [-0.15, -0.1) is 12.4 Å². The maximum absolute atomic E-state index is 12.6. The van der Waals surface area contributed by atoms with Gasteiger partial charge in [-0.25, -0.2) is 4.79 Å². The van der Waals surface area contributed by atoms with Gasteiger partial charge in [0.15, 0.2) is 0 Å². The first-order valence-electron chi connectivity index (χ1n) is 9.95. The molecule has 2 aromatic carbocycles. The van der Waals surface area contributed by atoms with Crippen LogP contribution in [0.5, 0.6) is 0 Å². The largest absolute Gasteiger partial charge is 0.369 e. The van der Waals surface area contributed by atoms with Gasteiger partial charge in [0.1, 0.15) is 0 Å². The molecule has 0 saturated carbocycles. The van der Waals surface area contributed by atoms with Crippen LogP contribution in [0.3, 0.4) is 0 Å². The lowest BCUT2D eigenvalue weighted by Gasteiger charge is -2.36. The van der Waals surface area contributed by atoms with Gasteiger partial charge >= 0.3 is 6.03 Å². The second-order valence-corrected chi connectivity index (χ2v) is 7.27. The van der Waals surface area contributed by atoms with Crippen LogP contribution in [-0.4, -0.2) is 68.2 Å². The fourth-order valence-corrected chi connectivity index (χ4v) is 3.99. The molecule has 0 radical (unpaired) electrons. The number of amides is 2. The van der Waals surface area contributed by atoms with Crippen molar-refractivity contribution < 1.29 is 4.79 Å². The van der Waals surface area contributed by atoms with Gasteiger partial charge in [-0.05, 0) is 37.2 Å². The molecule has 0 atom stereocenters. The zero-order valence-corrected chi connectivity index (χ0v) is 17.1. The molecular weight excluding hydrogens is 372 g/mol. The molecule has 2 saturated heterocycles. The summed E-state index contributed by atoms with van der Waals surface area (Å²) in [5.74, 6) is 0. The molecule has 6 heteroatoms. The average molecular weight is 401 g/mol. The van der Waals surface area contributed by atoms with Crippen molar-refractivity contribution in [2.45, 2.75) is 6.42 Å². The number of para-hydroxylation sites is 2. The summed E-state index contributed by atoms with van der Waals surface area (Å²) in [6, 6.07) is 20.8. The standard InChI is InChI=1S/C22H28N4O.ClH/c27-22-25(18-19-26(22)21-10-5-2-6-11-21)13-7-12-23-14-16-24(17-15-23)20-8-3-1-4-9-20;/h1-6,8-11H,7,12-19H2;1H. The first-order chi connectivity index (χ1) is 13.3. The predicted molar refractivity (Wildman–Crippen MR) is 118 cm³/mol. The van der Waals surface area contributed by atoms with Crippen LogP contribution >= 0.6 is 12.4 Å². The fourth-order valence-electron chi connectivity index (χ4n) is 3.99. The first-order valence-corrected chi connectivity index (χ1v) is 9.95. The summed E-state index contributed by atoms with van der Waals surface area (Å²) in [5.41, 5.74) is 2.32. The third-order valence-corrected chi connectivity index (χ3v) is 5.56. The van der Waals surface area contributed by atoms with Crippen LogP contribution in [0.2, 0.25) is 0 Å². The molecule has 0 bridgehead atoms. The predicted octanol–water partition coefficient (Wildman–Crippen LogP) is 3.56. The number of carbonyl (C=O) groups excluding carboxylic acids is 1. The number of hydrogen-bond donors (Lipinski definition) is 0. The van der Waals surface area contributed by atoms with Crippen LogP contribution in [0.4, 0.5) is 16.2 Å². The van der Waals surface area contributed by atoms with E-state index in [4.69, 9.17) is 0 Å². The topological polar surface area (TPSA) is 30.0 Å². The van der Waals surface area contributed by atoms with Gasteiger partial charge < -0.3 is 9.80 Å². The first kappa shape index (κ1) is 20.5. The molecule has 5 nitrogen and oxygen atoms in total. The third kappa shape index (κ3) is 4.78. The quantitative estimate of drug-likeness (QED) is 0.742. The van der Waals surface area contributed by atoms with E-state index in [0.717, 1.165) is 64.5 Å². The average Bonchev–Trinajstić information content (AvgIpc) is 3.10. The minimum absolute atomic E-state index is 0. The highest BCUT2D eigenvalue weighted by molar-refractivity contribution is 5.94. The summed E-state index contributed by atoms with van der Waals surface area (Å²) in [7, 11) is 0. The monoisotopic (exact) mass is 400 g/mol. The number of nitrogens with zero attached hydrogens (tertiary/aromatic N) is 4. The number of piperazine rings is 1. The maximum atomic E-state index is 12.6. The van der Waals surface area contributed by atoms with Gasteiger partial charge in [-0.2, -0.15) is 0 Å². The van der Waals surface area contributed by atoms with Gasteiger partial charge in [-0.1, -0.05) is 36.4 Å². The van der Waals surface area contributed by atoms with Crippen LogP contribution in [0.25, 0.3) is 0 Å². The molecule has 0 aromatic heterocycles. The second kappa shape index (κ2) is 9.80. The highest BCUT2D eigenvalue weighted by Crippen LogP contribution is 2.20. The van der Waals surface area contributed by atoms with Crippen LogP contribution in [0.15, 0.2) is 60.7 Å². The second-order valence-electron chi connectivity index (χ2n) is 7.27. The number of carbonyl (C=O) groups is 1. The van der Waals surface area contributed by atoms with Crippen molar-refractivity contribution in [3.63, 3.8) is 0 Å². The molecule has 4 rings (SSSR count). The molecule has 2 amide bonds. The Labute approximate surface area is 173 Å². The van der Waals surface area contributed by atoms with E-state index in [1.165, 1.54) is 5.69 Å². The van der Waals surface area contributed by atoms with Crippen LogP contribution in [-0.2, 0) is 0 Å². The van der Waals surface area contributed by atoms with E-state index in [0.29, 0.717) is 0 Å². The van der Waals surface area contributed by atoms with E-state index in [-0.39, 0.29) is 18.4 Å². The van der Waals surface area contributed by atoms with Crippen molar-refractivity contribution in [2.24, 2.45) is 0 Å². The smallest absolute Gasteiger partial charge is 0.324 e. The Morgan fingerprint density at radius 1 is 0.679 bits per heavy atom. The molecule has 2 heterocycles. The Kier molecular flexibility index (Phi) is 7.18. The minimum atomic E-state index is 0. The lowest BCUT2D eigenvalue weighted by molar-refractivity contribution is 0.210. The molecule has 0 unspecified atom stereocenters. The van der Waals surface area contributed by atoms with E-state index in [2.05, 4.69) is 40.1 Å². The molecule has 150 valence electrons. The van der Waals surface area contributed by atoms with E-state index >= 15 is 0 Å². The van der Waals surface area contributed by atoms with Crippen LogP contribution in [0.1, 0.15) is 6.42 Å². The summed E-state index contributed by atoms with van der Waals surface area (Å²) >= 11 is 0. The number of urea groups is 1. The number of hydrogen-bond acceptors (Lipinski definition) is 3. The van der Waals surface area contributed by atoms with Gasteiger partial charge in [-0.3, -0.25) is 9.80 Å². The zero-order valence-electron chi connectivity index (χ0n) is 16.2.